The van der Waals surface area contributed by atoms with E-state index in [9.17, 15) is 0 Å². The normalized spacial score (nSPS) is 10.9. The predicted octanol–water partition coefficient (Wildman–Crippen LogP) is 3.81. The Morgan fingerprint density at radius 2 is 1.86 bits per heavy atom. The molecule has 0 amide bonds. The molecule has 0 aliphatic heterocycles. The van der Waals surface area contributed by atoms with Crippen molar-refractivity contribution in [3.63, 3.8) is 0 Å². The van der Waals surface area contributed by atoms with Gasteiger partial charge in [0.15, 0.2) is 0 Å². The fourth-order valence-electron chi connectivity index (χ4n) is 1.83. The lowest BCUT2D eigenvalue weighted by molar-refractivity contribution is 1.30. The average molecular weight is 206 g/mol. The second-order valence-corrected chi connectivity index (χ2v) is 4.02. The molecule has 2 aromatic rings. The minimum atomic E-state index is 0.604. The molecule has 0 atom stereocenters. The van der Waals surface area contributed by atoms with E-state index in [0.717, 1.165) is 5.39 Å². The Morgan fingerprint density at radius 3 is 2.57 bits per heavy atom. The van der Waals surface area contributed by atoms with E-state index in [1.54, 1.807) is 6.20 Å². The summed E-state index contributed by atoms with van der Waals surface area (Å²) in [4.78, 5) is 4.12. The third kappa shape index (κ3) is 1.28. The van der Waals surface area contributed by atoms with E-state index in [-0.39, 0.29) is 0 Å². The molecular weight excluding hydrogens is 194 g/mol. The van der Waals surface area contributed by atoms with Crippen molar-refractivity contribution in [3.8, 4) is 0 Å². The number of hydrogen-bond donors (Lipinski definition) is 0. The van der Waals surface area contributed by atoms with Gasteiger partial charge in [-0.3, -0.25) is 0 Å². The first-order valence-electron chi connectivity index (χ1n) is 4.62. The molecule has 0 bridgehead atoms. The van der Waals surface area contributed by atoms with Gasteiger partial charge in [-0.2, -0.15) is 0 Å². The van der Waals surface area contributed by atoms with E-state index in [1.807, 2.05) is 6.07 Å². The van der Waals surface area contributed by atoms with E-state index >= 15 is 0 Å². The quantitative estimate of drug-likeness (QED) is 0.596. The van der Waals surface area contributed by atoms with Crippen molar-refractivity contribution in [2.45, 2.75) is 20.8 Å². The number of aromatic nitrogens is 1. The van der Waals surface area contributed by atoms with E-state index in [1.165, 1.54) is 22.1 Å². The number of pyridine rings is 1. The van der Waals surface area contributed by atoms with Crippen molar-refractivity contribution in [1.82, 2.24) is 4.98 Å². The second kappa shape index (κ2) is 3.25. The molecule has 72 valence electrons. The number of hydrogen-bond acceptors (Lipinski definition) is 1. The van der Waals surface area contributed by atoms with Crippen LogP contribution in [0.2, 0.25) is 5.15 Å². The Morgan fingerprint density at radius 1 is 1.14 bits per heavy atom. The average Bonchev–Trinajstić information content (AvgIpc) is 2.14. The number of halogens is 1. The highest BCUT2D eigenvalue weighted by Gasteiger charge is 2.07. The summed E-state index contributed by atoms with van der Waals surface area (Å²) in [5.74, 6) is 0. The highest BCUT2D eigenvalue weighted by atomic mass is 35.5. The molecule has 0 fully saturated rings. The zero-order chi connectivity index (χ0) is 10.3. The van der Waals surface area contributed by atoms with Crippen LogP contribution in [0.1, 0.15) is 16.7 Å². The topological polar surface area (TPSA) is 12.9 Å². The first-order valence-corrected chi connectivity index (χ1v) is 5.00. The van der Waals surface area contributed by atoms with Crippen LogP contribution in [-0.2, 0) is 0 Å². The molecule has 0 radical (unpaired) electrons. The lowest BCUT2D eigenvalue weighted by Gasteiger charge is -2.09. The van der Waals surface area contributed by atoms with Gasteiger partial charge in [-0.25, -0.2) is 4.98 Å². The maximum absolute atomic E-state index is 6.10. The maximum atomic E-state index is 6.10. The molecule has 0 aliphatic carbocycles. The van der Waals surface area contributed by atoms with Crippen LogP contribution < -0.4 is 0 Å². The summed E-state index contributed by atoms with van der Waals surface area (Å²) in [5, 5.41) is 2.89. The van der Waals surface area contributed by atoms with Gasteiger partial charge in [-0.05, 0) is 48.9 Å². The van der Waals surface area contributed by atoms with Gasteiger partial charge in [0.2, 0.25) is 0 Å². The monoisotopic (exact) mass is 205 g/mol. The van der Waals surface area contributed by atoms with Gasteiger partial charge in [0, 0.05) is 11.6 Å². The van der Waals surface area contributed by atoms with Crippen molar-refractivity contribution >= 4 is 22.4 Å². The fraction of sp³-hybridized carbons (Fsp3) is 0.250. The SMILES string of the molecule is Cc1cc(C)c2ccnc(Cl)c2c1C. The molecule has 1 aromatic heterocycles. The molecule has 0 saturated heterocycles. The van der Waals surface area contributed by atoms with Crippen LogP contribution in [0.15, 0.2) is 18.3 Å². The lowest BCUT2D eigenvalue weighted by Crippen LogP contribution is -1.90. The summed E-state index contributed by atoms with van der Waals surface area (Å²) in [7, 11) is 0. The van der Waals surface area contributed by atoms with E-state index in [2.05, 4.69) is 31.8 Å². The maximum Gasteiger partial charge on any atom is 0.137 e. The van der Waals surface area contributed by atoms with Crippen LogP contribution in [0.3, 0.4) is 0 Å². The molecule has 2 rings (SSSR count). The molecule has 0 unspecified atom stereocenters. The van der Waals surface area contributed by atoms with Gasteiger partial charge in [0.05, 0.1) is 0 Å². The highest BCUT2D eigenvalue weighted by molar-refractivity contribution is 6.34. The minimum Gasteiger partial charge on any atom is -0.244 e. The first kappa shape index (κ1) is 9.47. The van der Waals surface area contributed by atoms with Crippen LogP contribution in [0, 0.1) is 20.8 Å². The van der Waals surface area contributed by atoms with Gasteiger partial charge in [0.25, 0.3) is 0 Å². The Labute approximate surface area is 88.7 Å². The molecule has 1 heterocycles. The number of aryl methyl sites for hydroxylation is 3. The molecule has 14 heavy (non-hydrogen) atoms. The Hall–Kier alpha value is -1.08. The fourth-order valence-corrected chi connectivity index (χ4v) is 2.13. The Kier molecular flexibility index (Phi) is 2.20. The van der Waals surface area contributed by atoms with Crippen molar-refractivity contribution in [3.05, 3.63) is 40.2 Å². The third-order valence-corrected chi connectivity index (χ3v) is 3.02. The largest absolute Gasteiger partial charge is 0.244 e. The molecule has 0 saturated carbocycles. The molecule has 0 aliphatic rings. The summed E-state index contributed by atoms with van der Waals surface area (Å²) in [5.41, 5.74) is 3.75. The van der Waals surface area contributed by atoms with Crippen LogP contribution >= 0.6 is 11.6 Å². The Bertz CT molecular complexity index is 503. The number of fused-ring (bicyclic) bond motifs is 1. The van der Waals surface area contributed by atoms with Gasteiger partial charge in [0.1, 0.15) is 5.15 Å². The first-order chi connectivity index (χ1) is 6.61. The molecule has 0 N–H and O–H groups in total. The predicted molar refractivity (Wildman–Crippen MR) is 61.0 cm³/mol. The van der Waals surface area contributed by atoms with Crippen LogP contribution in [0.4, 0.5) is 0 Å². The highest BCUT2D eigenvalue weighted by Crippen LogP contribution is 2.29. The summed E-state index contributed by atoms with van der Waals surface area (Å²) in [6, 6.07) is 4.21. The lowest BCUT2D eigenvalue weighted by atomic mass is 9.98. The summed E-state index contributed by atoms with van der Waals surface area (Å²) < 4.78 is 0. The molecule has 1 aromatic carbocycles. The molecule has 2 heteroatoms. The van der Waals surface area contributed by atoms with Gasteiger partial charge < -0.3 is 0 Å². The van der Waals surface area contributed by atoms with Gasteiger partial charge in [-0.15, -0.1) is 0 Å². The number of nitrogens with zero attached hydrogens (tertiary/aromatic N) is 1. The summed E-state index contributed by atoms with van der Waals surface area (Å²) >= 11 is 6.10. The second-order valence-electron chi connectivity index (χ2n) is 3.66. The van der Waals surface area contributed by atoms with Crippen molar-refractivity contribution in [1.29, 1.82) is 0 Å². The van der Waals surface area contributed by atoms with Crippen LogP contribution in [0.25, 0.3) is 10.8 Å². The van der Waals surface area contributed by atoms with E-state index < -0.39 is 0 Å². The Balaban J connectivity index is 3.03. The minimum absolute atomic E-state index is 0.604. The van der Waals surface area contributed by atoms with Gasteiger partial charge in [-0.1, -0.05) is 17.7 Å². The summed E-state index contributed by atoms with van der Waals surface area (Å²) in [6.45, 7) is 6.29. The van der Waals surface area contributed by atoms with E-state index in [4.69, 9.17) is 11.6 Å². The van der Waals surface area contributed by atoms with Crippen LogP contribution in [0.5, 0.6) is 0 Å². The number of benzene rings is 1. The molecular formula is C12H12ClN. The van der Waals surface area contributed by atoms with Crippen molar-refractivity contribution < 1.29 is 0 Å². The number of rotatable bonds is 0. The zero-order valence-electron chi connectivity index (χ0n) is 8.56. The van der Waals surface area contributed by atoms with Gasteiger partial charge >= 0.3 is 0 Å². The zero-order valence-corrected chi connectivity index (χ0v) is 9.31. The smallest absolute Gasteiger partial charge is 0.137 e. The molecule has 0 spiro atoms. The van der Waals surface area contributed by atoms with E-state index in [0.29, 0.717) is 5.15 Å². The molecule has 1 nitrogen and oxygen atoms in total. The standard InChI is InChI=1S/C12H12ClN/c1-7-6-8(2)10-4-5-14-12(13)11(10)9(7)3/h4-6H,1-3H3. The summed E-state index contributed by atoms with van der Waals surface area (Å²) in [6.07, 6.45) is 1.76. The van der Waals surface area contributed by atoms with Crippen molar-refractivity contribution in [2.24, 2.45) is 0 Å². The third-order valence-electron chi connectivity index (χ3n) is 2.73. The van der Waals surface area contributed by atoms with Crippen molar-refractivity contribution in [2.75, 3.05) is 0 Å². The van der Waals surface area contributed by atoms with Crippen LogP contribution in [-0.4, -0.2) is 4.98 Å².